The summed E-state index contributed by atoms with van der Waals surface area (Å²) >= 11 is 1.08. The van der Waals surface area contributed by atoms with Crippen LogP contribution in [0.15, 0.2) is 4.36 Å². The predicted octanol–water partition coefficient (Wildman–Crippen LogP) is 0.274. The van der Waals surface area contributed by atoms with Gasteiger partial charge in [0.2, 0.25) is 0 Å². The lowest BCUT2D eigenvalue weighted by atomic mass is 10.5. The van der Waals surface area contributed by atoms with E-state index in [-0.39, 0.29) is 12.3 Å². The molecule has 7 heavy (non-hydrogen) atoms. The molecule has 0 aliphatic carbocycles. The van der Waals surface area contributed by atoms with Crippen LogP contribution in [0.4, 0.5) is 0 Å². The number of ketones is 1. The average molecular weight is 117 g/mol. The van der Waals surface area contributed by atoms with Crippen LogP contribution in [0.3, 0.4) is 0 Å². The number of nitrogens with zero attached hydrogens (tertiary/aromatic N) is 1. The fraction of sp³-hybridized carbons (Fsp3) is 0.500. The van der Waals surface area contributed by atoms with Crippen LogP contribution >= 0.6 is 0 Å². The van der Waals surface area contributed by atoms with Gasteiger partial charge in [-0.1, -0.05) is 11.1 Å². The van der Waals surface area contributed by atoms with Gasteiger partial charge in [-0.3, -0.25) is 4.79 Å². The van der Waals surface area contributed by atoms with Crippen LogP contribution in [-0.2, 0) is 15.9 Å². The monoisotopic (exact) mass is 117 g/mol. The molecular weight excluding hydrogens is 110 g/mol. The lowest BCUT2D eigenvalue weighted by Gasteiger charge is -1.75. The molecule has 0 bridgehead atoms. The van der Waals surface area contributed by atoms with Gasteiger partial charge in [-0.25, -0.2) is 4.36 Å². The first-order valence-electron chi connectivity index (χ1n) is 1.85. The summed E-state index contributed by atoms with van der Waals surface area (Å²) in [5.41, 5.74) is 0. The molecule has 0 unspecified atom stereocenters. The zero-order valence-electron chi connectivity index (χ0n) is 4.18. The highest BCUT2D eigenvalue weighted by atomic mass is 32.1. The molecule has 0 aliphatic rings. The molecule has 0 N–H and O–H groups in total. The maximum absolute atomic E-state index is 10.1. The number of rotatable bonds is 2. The van der Waals surface area contributed by atoms with E-state index in [1.54, 1.807) is 0 Å². The molecule has 40 valence electrons. The van der Waals surface area contributed by atoms with Gasteiger partial charge in [0.25, 0.3) is 0 Å². The molecule has 0 aromatic carbocycles. The van der Waals surface area contributed by atoms with E-state index >= 15 is 0 Å². The third-order valence-electron chi connectivity index (χ3n) is 0.379. The molecule has 0 rings (SSSR count). The Hall–Kier alpha value is -0.440. The van der Waals surface area contributed by atoms with Gasteiger partial charge < -0.3 is 0 Å². The van der Waals surface area contributed by atoms with Crippen molar-refractivity contribution in [3.05, 3.63) is 0 Å². The van der Waals surface area contributed by atoms with Crippen LogP contribution < -0.4 is 0 Å². The minimum absolute atomic E-state index is 0.0798. The molecule has 0 atom stereocenters. The molecule has 0 fully saturated rings. The summed E-state index contributed by atoms with van der Waals surface area (Å²) < 4.78 is 3.63. The van der Waals surface area contributed by atoms with Gasteiger partial charge in [-0.05, 0) is 12.8 Å². The van der Waals surface area contributed by atoms with Gasteiger partial charge in [0.1, 0.15) is 6.54 Å². The highest BCUT2D eigenvalue weighted by molar-refractivity contribution is 7.65. The Labute approximate surface area is 46.3 Å². The van der Waals surface area contributed by atoms with Crippen molar-refractivity contribution in [1.82, 2.24) is 0 Å². The number of carbonyl (C=O) groups excluding carboxylic acids is 1. The highest BCUT2D eigenvalue weighted by Gasteiger charge is 1.82. The highest BCUT2D eigenvalue weighted by Crippen LogP contribution is 1.67. The van der Waals surface area contributed by atoms with E-state index in [1.807, 2.05) is 0 Å². The fourth-order valence-electron chi connectivity index (χ4n) is 0.137. The summed E-state index contributed by atoms with van der Waals surface area (Å²) in [6.07, 6.45) is 0. The van der Waals surface area contributed by atoms with Crippen molar-refractivity contribution < 1.29 is 4.79 Å². The van der Waals surface area contributed by atoms with E-state index in [2.05, 4.69) is 10.2 Å². The molecule has 0 spiro atoms. The third-order valence-corrected chi connectivity index (χ3v) is 0.690. The standard InChI is InChI=1S/C4H7NOS/c1-4(6)3-5-7-2/h2-3H2,1H3. The van der Waals surface area contributed by atoms with E-state index in [0.29, 0.717) is 0 Å². The normalized spacial score (nSPS) is 7.57. The van der Waals surface area contributed by atoms with Crippen LogP contribution in [0.25, 0.3) is 0 Å². The van der Waals surface area contributed by atoms with Crippen molar-refractivity contribution >= 4 is 22.8 Å². The lowest BCUT2D eigenvalue weighted by Crippen LogP contribution is -1.91. The Morgan fingerprint density at radius 1 is 2.00 bits per heavy atom. The van der Waals surface area contributed by atoms with Crippen molar-refractivity contribution in [3.8, 4) is 0 Å². The quantitative estimate of drug-likeness (QED) is 0.477. The van der Waals surface area contributed by atoms with Crippen LogP contribution in [0.2, 0.25) is 0 Å². The Balaban J connectivity index is 3.32. The van der Waals surface area contributed by atoms with Crippen LogP contribution in [0.5, 0.6) is 0 Å². The molecule has 0 radical (unpaired) electrons. The summed E-state index contributed by atoms with van der Waals surface area (Å²) in [5.74, 6) is 3.44. The minimum Gasteiger partial charge on any atom is -0.298 e. The minimum atomic E-state index is 0.0798. The zero-order chi connectivity index (χ0) is 5.70. The van der Waals surface area contributed by atoms with Gasteiger partial charge in [0.15, 0.2) is 5.78 Å². The average Bonchev–Trinajstić information content (AvgIpc) is 1.61. The molecule has 0 aromatic rings. The molecule has 0 amide bonds. The maximum atomic E-state index is 10.1. The SMILES string of the molecule is C=S=NCC(C)=O. The second kappa shape index (κ2) is 3.74. The summed E-state index contributed by atoms with van der Waals surface area (Å²) in [4.78, 5) is 10.1. The summed E-state index contributed by atoms with van der Waals surface area (Å²) in [6.45, 7) is 1.79. The maximum Gasteiger partial charge on any atom is 0.152 e. The summed E-state index contributed by atoms with van der Waals surface area (Å²) in [6, 6.07) is 0. The van der Waals surface area contributed by atoms with Crippen LogP contribution in [-0.4, -0.2) is 18.2 Å². The molecule has 0 aromatic heterocycles. The second-order valence-corrected chi connectivity index (χ2v) is 1.63. The Bertz CT molecular complexity index is 115. The second-order valence-electron chi connectivity index (χ2n) is 1.12. The van der Waals surface area contributed by atoms with E-state index in [1.165, 1.54) is 6.92 Å². The van der Waals surface area contributed by atoms with Gasteiger partial charge in [-0.2, -0.15) is 0 Å². The van der Waals surface area contributed by atoms with Gasteiger partial charge in [0.05, 0.1) is 0 Å². The molecule has 0 heterocycles. The van der Waals surface area contributed by atoms with E-state index in [0.717, 1.165) is 11.1 Å². The molecule has 3 heteroatoms. The summed E-state index contributed by atoms with van der Waals surface area (Å²) in [7, 11) is 0. The van der Waals surface area contributed by atoms with Crippen molar-refractivity contribution in [1.29, 1.82) is 0 Å². The number of Topliss-reactive ketones (excluding diaryl/α,β-unsaturated/α-hetero) is 1. The zero-order valence-corrected chi connectivity index (χ0v) is 4.99. The van der Waals surface area contributed by atoms with Crippen molar-refractivity contribution in [2.45, 2.75) is 6.92 Å². The predicted molar refractivity (Wildman–Crippen MR) is 32.5 cm³/mol. The largest absolute Gasteiger partial charge is 0.298 e. The van der Waals surface area contributed by atoms with Gasteiger partial charge in [-0.15, -0.1) is 0 Å². The van der Waals surface area contributed by atoms with Crippen LogP contribution in [0.1, 0.15) is 6.92 Å². The number of carbonyl (C=O) groups is 1. The topological polar surface area (TPSA) is 29.4 Å². The van der Waals surface area contributed by atoms with E-state index in [4.69, 9.17) is 0 Å². The molecule has 0 saturated heterocycles. The first kappa shape index (κ1) is 6.56. The third kappa shape index (κ3) is 5.56. The van der Waals surface area contributed by atoms with E-state index < -0.39 is 0 Å². The first-order valence-corrected chi connectivity index (χ1v) is 2.79. The first-order chi connectivity index (χ1) is 3.27. The van der Waals surface area contributed by atoms with E-state index in [9.17, 15) is 4.79 Å². The number of hydrogen-bond donors (Lipinski definition) is 0. The molecule has 0 saturated carbocycles. The van der Waals surface area contributed by atoms with Gasteiger partial charge in [0, 0.05) is 0 Å². The smallest absolute Gasteiger partial charge is 0.152 e. The molecular formula is C4H7NOS. The molecule has 0 aliphatic heterocycles. The van der Waals surface area contributed by atoms with Crippen molar-refractivity contribution in [2.24, 2.45) is 4.36 Å². The van der Waals surface area contributed by atoms with Crippen molar-refractivity contribution in [2.75, 3.05) is 6.54 Å². The van der Waals surface area contributed by atoms with Crippen molar-refractivity contribution in [3.63, 3.8) is 0 Å². The number of hydrogen-bond acceptors (Lipinski definition) is 2. The fourth-order valence-corrected chi connectivity index (χ4v) is 0.410. The Morgan fingerprint density at radius 3 is 2.71 bits per heavy atom. The van der Waals surface area contributed by atoms with Gasteiger partial charge >= 0.3 is 0 Å². The Morgan fingerprint density at radius 2 is 2.57 bits per heavy atom. The molecule has 2 nitrogen and oxygen atoms in total. The van der Waals surface area contributed by atoms with Crippen LogP contribution in [0, 0.1) is 0 Å². The summed E-state index contributed by atoms with van der Waals surface area (Å²) in [5, 5.41) is 0. The lowest BCUT2D eigenvalue weighted by molar-refractivity contribution is -0.115. The Kier molecular flexibility index (Phi) is 3.50.